The Labute approximate surface area is 153 Å². The van der Waals surface area contributed by atoms with E-state index < -0.39 is 42.9 Å². The molecule has 0 aliphatic carbocycles. The van der Waals surface area contributed by atoms with Crippen LogP contribution in [0.4, 0.5) is 4.39 Å². The van der Waals surface area contributed by atoms with Gasteiger partial charge in [-0.3, -0.25) is 0 Å². The number of aliphatic hydroxyl groups is 2. The van der Waals surface area contributed by atoms with E-state index in [1.165, 1.54) is 24.3 Å². The molecule has 2 aromatic rings. The highest BCUT2D eigenvalue weighted by Crippen LogP contribution is 2.33. The number of benzene rings is 2. The van der Waals surface area contributed by atoms with E-state index in [9.17, 15) is 24.2 Å². The summed E-state index contributed by atoms with van der Waals surface area (Å²) in [5.74, 6) is -1.56. The number of rotatable bonds is 5. The first-order chi connectivity index (χ1) is 12.9. The molecule has 7 nitrogen and oxygen atoms in total. The van der Waals surface area contributed by atoms with Crippen LogP contribution in [0.2, 0.25) is 0 Å². The monoisotopic (exact) mass is 376 g/mol. The Morgan fingerprint density at radius 3 is 2.07 bits per heavy atom. The van der Waals surface area contributed by atoms with E-state index in [1.807, 2.05) is 0 Å². The summed E-state index contributed by atoms with van der Waals surface area (Å²) in [6.07, 6.45) is -5.13. The molecule has 1 unspecified atom stereocenters. The molecule has 2 aromatic carbocycles. The number of alkyl halides is 1. The van der Waals surface area contributed by atoms with Crippen molar-refractivity contribution >= 4 is 11.9 Å². The fourth-order valence-electron chi connectivity index (χ4n) is 2.61. The molecule has 1 heterocycles. The summed E-state index contributed by atoms with van der Waals surface area (Å²) in [6.45, 7) is -0.538. The highest BCUT2D eigenvalue weighted by atomic mass is 19.2. The molecule has 0 radical (unpaired) electrons. The van der Waals surface area contributed by atoms with Crippen molar-refractivity contribution in [1.29, 1.82) is 0 Å². The first kappa shape index (κ1) is 19.0. The number of esters is 2. The molecule has 1 aliphatic rings. The summed E-state index contributed by atoms with van der Waals surface area (Å²) >= 11 is 0. The van der Waals surface area contributed by atoms with Gasteiger partial charge in [-0.2, -0.15) is 4.39 Å². The first-order valence-electron chi connectivity index (χ1n) is 8.14. The average molecular weight is 376 g/mol. The highest BCUT2D eigenvalue weighted by Gasteiger charge is 2.57. The minimum Gasteiger partial charge on any atom is -0.459 e. The van der Waals surface area contributed by atoms with Crippen LogP contribution in [0.3, 0.4) is 0 Å². The maximum atomic E-state index is 14.0. The second kappa shape index (κ2) is 7.83. The third-order valence-electron chi connectivity index (χ3n) is 4.00. The Hall–Kier alpha value is -2.81. The van der Waals surface area contributed by atoms with Gasteiger partial charge in [0.05, 0.1) is 11.1 Å². The van der Waals surface area contributed by atoms with Gasteiger partial charge in [-0.05, 0) is 24.3 Å². The van der Waals surface area contributed by atoms with Gasteiger partial charge in [-0.15, -0.1) is 0 Å². The molecule has 1 saturated heterocycles. The third-order valence-corrected chi connectivity index (χ3v) is 4.00. The second-order valence-electron chi connectivity index (χ2n) is 5.91. The van der Waals surface area contributed by atoms with E-state index in [0.717, 1.165) is 0 Å². The zero-order chi connectivity index (χ0) is 19.4. The van der Waals surface area contributed by atoms with Crippen LogP contribution in [-0.4, -0.2) is 53.1 Å². The van der Waals surface area contributed by atoms with E-state index in [0.29, 0.717) is 0 Å². The lowest BCUT2D eigenvalue weighted by molar-refractivity contribution is -0.310. The molecule has 1 aliphatic heterocycles. The predicted octanol–water partition coefficient (Wildman–Crippen LogP) is 1.44. The fourth-order valence-corrected chi connectivity index (χ4v) is 2.61. The number of hydrogen-bond donors (Lipinski definition) is 2. The van der Waals surface area contributed by atoms with Gasteiger partial charge in [-0.25, -0.2) is 9.59 Å². The zero-order valence-electron chi connectivity index (χ0n) is 14.0. The molecule has 0 amide bonds. The van der Waals surface area contributed by atoms with Gasteiger partial charge in [0.2, 0.25) is 0 Å². The second-order valence-corrected chi connectivity index (χ2v) is 5.91. The standard InChI is InChI=1S/C19H17FO7/c20-19(24)16(21)15(26-18(23)13-9-5-2-6-10-13)14(27-19)11-25-17(22)12-7-3-1-4-8-12/h1-10,14-16,21,24H,11H2/t14-,15-,16-,19?/m1/s1. The van der Waals surface area contributed by atoms with Crippen molar-refractivity contribution in [1.82, 2.24) is 0 Å². The molecule has 3 rings (SSSR count). The van der Waals surface area contributed by atoms with Crippen molar-refractivity contribution < 1.29 is 38.4 Å². The number of ether oxygens (including phenoxy) is 3. The molecule has 0 aromatic heterocycles. The quantitative estimate of drug-likeness (QED) is 0.762. The predicted molar refractivity (Wildman–Crippen MR) is 89.3 cm³/mol. The Morgan fingerprint density at radius 2 is 1.52 bits per heavy atom. The first-order valence-corrected chi connectivity index (χ1v) is 8.14. The van der Waals surface area contributed by atoms with Gasteiger partial charge in [0, 0.05) is 0 Å². The molecule has 1 fully saturated rings. The minimum absolute atomic E-state index is 0.166. The summed E-state index contributed by atoms with van der Waals surface area (Å²) in [5.41, 5.74) is 0.420. The molecule has 0 bridgehead atoms. The molecule has 0 spiro atoms. The number of aliphatic hydroxyl groups excluding tert-OH is 1. The van der Waals surface area contributed by atoms with Gasteiger partial charge in [0.25, 0.3) is 0 Å². The van der Waals surface area contributed by atoms with E-state index in [4.69, 9.17) is 9.47 Å². The molecule has 142 valence electrons. The van der Waals surface area contributed by atoms with Crippen molar-refractivity contribution in [2.75, 3.05) is 6.61 Å². The fraction of sp³-hybridized carbons (Fsp3) is 0.263. The summed E-state index contributed by atoms with van der Waals surface area (Å²) in [5, 5.41) is 19.4. The number of halogens is 1. The number of carbonyl (C=O) groups is 2. The van der Waals surface area contributed by atoms with E-state index in [1.54, 1.807) is 36.4 Å². The van der Waals surface area contributed by atoms with Crippen molar-refractivity contribution in [3.8, 4) is 0 Å². The normalized spacial score (nSPS) is 27.1. The summed E-state index contributed by atoms with van der Waals surface area (Å²) in [7, 11) is 0. The molecule has 0 saturated carbocycles. The van der Waals surface area contributed by atoms with Crippen LogP contribution < -0.4 is 0 Å². The Bertz CT molecular complexity index is 794. The topological polar surface area (TPSA) is 102 Å². The average Bonchev–Trinajstić information content (AvgIpc) is 2.90. The smallest absolute Gasteiger partial charge is 0.349 e. The van der Waals surface area contributed by atoms with Gasteiger partial charge >= 0.3 is 18.0 Å². The van der Waals surface area contributed by atoms with Gasteiger partial charge in [0.15, 0.2) is 12.2 Å². The van der Waals surface area contributed by atoms with Crippen molar-refractivity contribution in [2.24, 2.45) is 0 Å². The van der Waals surface area contributed by atoms with Crippen LogP contribution in [0, 0.1) is 0 Å². The minimum atomic E-state index is -3.44. The van der Waals surface area contributed by atoms with Gasteiger partial charge < -0.3 is 24.4 Å². The van der Waals surface area contributed by atoms with E-state index in [2.05, 4.69) is 4.74 Å². The SMILES string of the molecule is O=C(OC[C@H]1OC(O)(F)[C@H](O)[C@@H]1OC(=O)c1ccccc1)c1ccccc1. The van der Waals surface area contributed by atoms with Crippen LogP contribution in [0.15, 0.2) is 60.7 Å². The highest BCUT2D eigenvalue weighted by molar-refractivity contribution is 5.90. The number of hydrogen-bond acceptors (Lipinski definition) is 7. The molecule has 2 N–H and O–H groups in total. The Morgan fingerprint density at radius 1 is 1.00 bits per heavy atom. The summed E-state index contributed by atoms with van der Waals surface area (Å²) in [4.78, 5) is 24.2. The van der Waals surface area contributed by atoms with Crippen molar-refractivity contribution in [2.45, 2.75) is 24.4 Å². The lowest BCUT2D eigenvalue weighted by Crippen LogP contribution is -2.42. The van der Waals surface area contributed by atoms with E-state index in [-0.39, 0.29) is 11.1 Å². The maximum absolute atomic E-state index is 14.0. The summed E-state index contributed by atoms with van der Waals surface area (Å²) < 4.78 is 28.8. The van der Waals surface area contributed by atoms with Crippen molar-refractivity contribution in [3.63, 3.8) is 0 Å². The van der Waals surface area contributed by atoms with Crippen LogP contribution in [0.25, 0.3) is 0 Å². The molecular weight excluding hydrogens is 359 g/mol. The van der Waals surface area contributed by atoms with Crippen molar-refractivity contribution in [3.05, 3.63) is 71.8 Å². The molecule has 27 heavy (non-hydrogen) atoms. The van der Waals surface area contributed by atoms with Crippen LogP contribution >= 0.6 is 0 Å². The third kappa shape index (κ3) is 4.30. The maximum Gasteiger partial charge on any atom is 0.349 e. The van der Waals surface area contributed by atoms with Crippen LogP contribution in [-0.2, 0) is 14.2 Å². The van der Waals surface area contributed by atoms with E-state index >= 15 is 0 Å². The lowest BCUT2D eigenvalue weighted by atomic mass is 10.1. The largest absolute Gasteiger partial charge is 0.459 e. The van der Waals surface area contributed by atoms with Gasteiger partial charge in [0.1, 0.15) is 12.7 Å². The van der Waals surface area contributed by atoms with Gasteiger partial charge in [-0.1, -0.05) is 36.4 Å². The number of carbonyl (C=O) groups excluding carboxylic acids is 2. The Kier molecular flexibility index (Phi) is 5.50. The Balaban J connectivity index is 1.68. The van der Waals surface area contributed by atoms with Crippen LogP contribution in [0.5, 0.6) is 0 Å². The molecule has 4 atom stereocenters. The zero-order valence-corrected chi connectivity index (χ0v) is 14.0. The lowest BCUT2D eigenvalue weighted by Gasteiger charge is -2.20. The molecular formula is C19H17FO7. The molecule has 8 heteroatoms. The van der Waals surface area contributed by atoms with Crippen LogP contribution in [0.1, 0.15) is 20.7 Å². The summed E-state index contributed by atoms with van der Waals surface area (Å²) in [6, 6.07) is 12.4.